The SMILES string of the molecule is CNCc1cnc(-c2ccc(F)c(Br)c2)[nH]1. The molecule has 0 atom stereocenters. The summed E-state index contributed by atoms with van der Waals surface area (Å²) in [5.41, 5.74) is 1.86. The Morgan fingerprint density at radius 1 is 1.50 bits per heavy atom. The minimum Gasteiger partial charge on any atom is -0.341 e. The second-order valence-corrected chi connectivity index (χ2v) is 4.27. The van der Waals surface area contributed by atoms with Crippen molar-refractivity contribution in [2.75, 3.05) is 7.05 Å². The van der Waals surface area contributed by atoms with Crippen LogP contribution >= 0.6 is 15.9 Å². The van der Waals surface area contributed by atoms with Gasteiger partial charge in [0.05, 0.1) is 4.47 Å². The number of nitrogens with one attached hydrogen (secondary N) is 2. The van der Waals surface area contributed by atoms with Crippen LogP contribution in [-0.4, -0.2) is 17.0 Å². The zero-order chi connectivity index (χ0) is 11.5. The third-order valence-electron chi connectivity index (χ3n) is 2.19. The molecule has 0 spiro atoms. The number of aromatic nitrogens is 2. The van der Waals surface area contributed by atoms with E-state index in [1.807, 2.05) is 7.05 Å². The van der Waals surface area contributed by atoms with Gasteiger partial charge < -0.3 is 10.3 Å². The van der Waals surface area contributed by atoms with Crippen molar-refractivity contribution in [1.82, 2.24) is 15.3 Å². The lowest BCUT2D eigenvalue weighted by atomic mass is 10.2. The predicted octanol–water partition coefficient (Wildman–Crippen LogP) is 2.70. The lowest BCUT2D eigenvalue weighted by Crippen LogP contribution is -2.04. The molecule has 2 aromatic rings. The van der Waals surface area contributed by atoms with Gasteiger partial charge in [0, 0.05) is 24.0 Å². The maximum Gasteiger partial charge on any atom is 0.137 e. The van der Waals surface area contributed by atoms with Gasteiger partial charge in [0.15, 0.2) is 0 Å². The maximum atomic E-state index is 13.1. The molecule has 0 bridgehead atoms. The van der Waals surface area contributed by atoms with Gasteiger partial charge in [0.2, 0.25) is 0 Å². The lowest BCUT2D eigenvalue weighted by Gasteiger charge is -1.99. The standard InChI is InChI=1S/C11H11BrFN3/c1-14-5-8-6-15-11(16-8)7-2-3-10(13)9(12)4-7/h2-4,6,14H,5H2,1H3,(H,15,16). The molecule has 16 heavy (non-hydrogen) atoms. The van der Waals surface area contributed by atoms with Crippen molar-refractivity contribution in [1.29, 1.82) is 0 Å². The third kappa shape index (κ3) is 2.31. The first kappa shape index (κ1) is 11.3. The molecule has 84 valence electrons. The molecule has 2 rings (SSSR count). The summed E-state index contributed by atoms with van der Waals surface area (Å²) in [4.78, 5) is 7.40. The molecule has 1 aromatic carbocycles. The fraction of sp³-hybridized carbons (Fsp3) is 0.182. The molecular weight excluding hydrogens is 273 g/mol. The summed E-state index contributed by atoms with van der Waals surface area (Å²) in [6, 6.07) is 4.82. The van der Waals surface area contributed by atoms with Crippen molar-refractivity contribution >= 4 is 15.9 Å². The van der Waals surface area contributed by atoms with Crippen molar-refractivity contribution in [3.63, 3.8) is 0 Å². The fourth-order valence-electron chi connectivity index (χ4n) is 1.43. The van der Waals surface area contributed by atoms with Crippen LogP contribution in [0.25, 0.3) is 11.4 Å². The second-order valence-electron chi connectivity index (χ2n) is 3.42. The number of H-pyrrole nitrogens is 1. The number of hydrogen-bond acceptors (Lipinski definition) is 2. The molecule has 0 radical (unpaired) electrons. The molecule has 1 heterocycles. The average Bonchev–Trinajstić information content (AvgIpc) is 2.71. The molecule has 0 fully saturated rings. The van der Waals surface area contributed by atoms with Gasteiger partial charge in [-0.3, -0.25) is 0 Å². The molecule has 0 aliphatic carbocycles. The number of rotatable bonds is 3. The number of hydrogen-bond donors (Lipinski definition) is 2. The molecular formula is C11H11BrFN3. The van der Waals surface area contributed by atoms with Crippen LogP contribution in [-0.2, 0) is 6.54 Å². The van der Waals surface area contributed by atoms with E-state index in [2.05, 4.69) is 31.2 Å². The Bertz CT molecular complexity index is 496. The Morgan fingerprint density at radius 2 is 2.31 bits per heavy atom. The van der Waals surface area contributed by atoms with Gasteiger partial charge >= 0.3 is 0 Å². The van der Waals surface area contributed by atoms with Crippen molar-refractivity contribution in [2.24, 2.45) is 0 Å². The smallest absolute Gasteiger partial charge is 0.137 e. The summed E-state index contributed by atoms with van der Waals surface area (Å²) < 4.78 is 13.5. The molecule has 0 aliphatic rings. The van der Waals surface area contributed by atoms with Crippen LogP contribution in [0.2, 0.25) is 0 Å². The van der Waals surface area contributed by atoms with Crippen molar-refractivity contribution < 1.29 is 4.39 Å². The van der Waals surface area contributed by atoms with Crippen molar-refractivity contribution in [2.45, 2.75) is 6.54 Å². The zero-order valence-corrected chi connectivity index (χ0v) is 10.3. The van der Waals surface area contributed by atoms with Crippen molar-refractivity contribution in [3.8, 4) is 11.4 Å². The van der Waals surface area contributed by atoms with E-state index in [1.165, 1.54) is 6.07 Å². The van der Waals surface area contributed by atoms with Crippen LogP contribution < -0.4 is 5.32 Å². The van der Waals surface area contributed by atoms with E-state index in [0.717, 1.165) is 23.6 Å². The molecule has 0 saturated carbocycles. The van der Waals surface area contributed by atoms with Crippen LogP contribution in [0.1, 0.15) is 5.69 Å². The Morgan fingerprint density at radius 3 is 3.00 bits per heavy atom. The Kier molecular flexibility index (Phi) is 3.36. The van der Waals surface area contributed by atoms with E-state index in [4.69, 9.17) is 0 Å². The highest BCUT2D eigenvalue weighted by atomic mass is 79.9. The van der Waals surface area contributed by atoms with Crippen LogP contribution in [0.3, 0.4) is 0 Å². The first-order valence-electron chi connectivity index (χ1n) is 4.84. The molecule has 0 unspecified atom stereocenters. The average molecular weight is 284 g/mol. The topological polar surface area (TPSA) is 40.7 Å². The van der Waals surface area contributed by atoms with Gasteiger partial charge in [-0.25, -0.2) is 9.37 Å². The summed E-state index contributed by atoms with van der Waals surface area (Å²) in [6.45, 7) is 0.732. The number of nitrogens with zero attached hydrogens (tertiary/aromatic N) is 1. The second kappa shape index (κ2) is 4.76. The zero-order valence-electron chi connectivity index (χ0n) is 8.72. The summed E-state index contributed by atoms with van der Waals surface area (Å²) >= 11 is 3.15. The first-order valence-corrected chi connectivity index (χ1v) is 5.64. The number of aromatic amines is 1. The summed E-state index contributed by atoms with van der Waals surface area (Å²) in [7, 11) is 1.87. The normalized spacial score (nSPS) is 10.7. The molecule has 0 aliphatic heterocycles. The molecule has 1 aromatic heterocycles. The van der Waals surface area contributed by atoms with Crippen LogP contribution in [0, 0.1) is 5.82 Å². The minimum absolute atomic E-state index is 0.272. The Hall–Kier alpha value is -1.20. The van der Waals surface area contributed by atoms with E-state index >= 15 is 0 Å². The molecule has 3 nitrogen and oxygen atoms in total. The highest BCUT2D eigenvalue weighted by Gasteiger charge is 2.06. The van der Waals surface area contributed by atoms with E-state index in [-0.39, 0.29) is 5.82 Å². The van der Waals surface area contributed by atoms with Gasteiger partial charge in [0.25, 0.3) is 0 Å². The number of benzene rings is 1. The van der Waals surface area contributed by atoms with Gasteiger partial charge in [-0.1, -0.05) is 0 Å². The molecule has 5 heteroatoms. The summed E-state index contributed by atoms with van der Waals surface area (Å²) in [5, 5.41) is 3.03. The summed E-state index contributed by atoms with van der Waals surface area (Å²) in [5.74, 6) is 0.469. The molecule has 2 N–H and O–H groups in total. The number of halogens is 2. The van der Waals surface area contributed by atoms with Gasteiger partial charge in [-0.15, -0.1) is 0 Å². The van der Waals surface area contributed by atoms with E-state index in [9.17, 15) is 4.39 Å². The van der Waals surface area contributed by atoms with Crippen LogP contribution in [0.5, 0.6) is 0 Å². The van der Waals surface area contributed by atoms with Crippen molar-refractivity contribution in [3.05, 3.63) is 40.4 Å². The van der Waals surface area contributed by atoms with Gasteiger partial charge in [0.1, 0.15) is 11.6 Å². The fourth-order valence-corrected chi connectivity index (χ4v) is 1.81. The van der Waals surface area contributed by atoms with Crippen LogP contribution in [0.4, 0.5) is 4.39 Å². The minimum atomic E-state index is -0.272. The molecule has 0 saturated heterocycles. The van der Waals surface area contributed by atoms with E-state index < -0.39 is 0 Å². The third-order valence-corrected chi connectivity index (χ3v) is 2.80. The quantitative estimate of drug-likeness (QED) is 0.909. The predicted molar refractivity (Wildman–Crippen MR) is 64.4 cm³/mol. The van der Waals surface area contributed by atoms with Gasteiger partial charge in [-0.2, -0.15) is 0 Å². The highest BCUT2D eigenvalue weighted by Crippen LogP contribution is 2.23. The Labute approximate surface area is 101 Å². The van der Waals surface area contributed by atoms with E-state index in [0.29, 0.717) is 4.47 Å². The van der Waals surface area contributed by atoms with Gasteiger partial charge in [-0.05, 0) is 41.2 Å². The highest BCUT2D eigenvalue weighted by molar-refractivity contribution is 9.10. The maximum absolute atomic E-state index is 13.1. The Balaban J connectivity index is 2.31. The lowest BCUT2D eigenvalue weighted by molar-refractivity contribution is 0.621. The summed E-state index contributed by atoms with van der Waals surface area (Å²) in [6.07, 6.45) is 1.77. The van der Waals surface area contributed by atoms with Crippen LogP contribution in [0.15, 0.2) is 28.9 Å². The largest absolute Gasteiger partial charge is 0.341 e. The molecule has 0 amide bonds. The number of imidazole rings is 1. The van der Waals surface area contributed by atoms with E-state index in [1.54, 1.807) is 18.3 Å². The first-order chi connectivity index (χ1) is 7.70. The monoisotopic (exact) mass is 283 g/mol.